The number of benzene rings is 1. The maximum absolute atomic E-state index is 12.5. The van der Waals surface area contributed by atoms with Crippen molar-refractivity contribution in [1.29, 1.82) is 0 Å². The predicted molar refractivity (Wildman–Crippen MR) is 110 cm³/mol. The van der Waals surface area contributed by atoms with Gasteiger partial charge in [-0.25, -0.2) is 9.97 Å². The van der Waals surface area contributed by atoms with Crippen LogP contribution in [-0.4, -0.2) is 27.0 Å². The molecule has 3 heterocycles. The van der Waals surface area contributed by atoms with E-state index < -0.39 is 0 Å². The van der Waals surface area contributed by atoms with Crippen LogP contribution in [-0.2, 0) is 12.8 Å². The Hall–Kier alpha value is -2.78. The van der Waals surface area contributed by atoms with Crippen molar-refractivity contribution in [3.63, 3.8) is 0 Å². The number of thiazole rings is 1. The van der Waals surface area contributed by atoms with Crippen LogP contribution in [0.15, 0.2) is 52.3 Å². The molecular weight excluding hydrogens is 396 g/mol. The first-order chi connectivity index (χ1) is 13.6. The van der Waals surface area contributed by atoms with E-state index in [2.05, 4.69) is 15.3 Å². The largest absolute Gasteiger partial charge is 0.494 e. The summed E-state index contributed by atoms with van der Waals surface area (Å²) in [7, 11) is 1.94. The Morgan fingerprint density at radius 3 is 3.04 bits per heavy atom. The van der Waals surface area contributed by atoms with Gasteiger partial charge < -0.3 is 13.7 Å². The third-order valence-corrected chi connectivity index (χ3v) is 5.91. The Bertz CT molecular complexity index is 1120. The molecule has 0 saturated heterocycles. The first-order valence-corrected chi connectivity index (χ1v) is 10.5. The molecule has 28 heavy (non-hydrogen) atoms. The topological polar surface area (TPSA) is 82.2 Å². The second-order valence-corrected chi connectivity index (χ2v) is 7.88. The van der Waals surface area contributed by atoms with Crippen molar-refractivity contribution in [3.8, 4) is 5.75 Å². The normalized spacial score (nSPS) is 11.1. The van der Waals surface area contributed by atoms with Crippen LogP contribution in [0.4, 0.5) is 5.13 Å². The average molecular weight is 415 g/mol. The van der Waals surface area contributed by atoms with Crippen molar-refractivity contribution in [3.05, 3.63) is 54.2 Å². The zero-order chi connectivity index (χ0) is 19.5. The number of imidazole rings is 1. The van der Waals surface area contributed by atoms with E-state index in [1.54, 1.807) is 30.1 Å². The maximum Gasteiger partial charge on any atom is 0.293 e. The van der Waals surface area contributed by atoms with E-state index in [-0.39, 0.29) is 11.7 Å². The number of hydrogen-bond acceptors (Lipinski definition) is 7. The molecule has 1 N–H and O–H groups in total. The van der Waals surface area contributed by atoms with Gasteiger partial charge in [-0.15, -0.1) is 0 Å². The van der Waals surface area contributed by atoms with E-state index in [9.17, 15) is 4.79 Å². The standard InChI is InChI=1S/C19H18N4O3S2/c1-3-25-12-4-6-14-16(10-12)28-18(21-14)22-17(24)15-7-5-13(26-15)11-27-19-20-8-9-23(19)2/h4-10H,3,11H2,1-2H3,(H,21,22,24). The van der Waals surface area contributed by atoms with Gasteiger partial charge >= 0.3 is 0 Å². The molecule has 0 fully saturated rings. The Labute approximate surface area is 169 Å². The highest BCUT2D eigenvalue weighted by Gasteiger charge is 2.15. The average Bonchev–Trinajstić information content (AvgIpc) is 3.39. The molecule has 3 aromatic heterocycles. The highest BCUT2D eigenvalue weighted by Crippen LogP contribution is 2.30. The fourth-order valence-electron chi connectivity index (χ4n) is 2.58. The lowest BCUT2D eigenvalue weighted by Crippen LogP contribution is -2.10. The van der Waals surface area contributed by atoms with Crippen molar-refractivity contribution < 1.29 is 13.9 Å². The number of ether oxygens (including phenoxy) is 1. The molecule has 0 spiro atoms. The number of carbonyl (C=O) groups excluding carboxylic acids is 1. The van der Waals surface area contributed by atoms with Crippen molar-refractivity contribution in [2.45, 2.75) is 17.8 Å². The number of aromatic nitrogens is 3. The number of hydrogen-bond donors (Lipinski definition) is 1. The molecule has 144 valence electrons. The number of fused-ring (bicyclic) bond motifs is 1. The predicted octanol–water partition coefficient (Wildman–Crippen LogP) is 4.57. The molecule has 0 aliphatic carbocycles. The Morgan fingerprint density at radius 1 is 1.36 bits per heavy atom. The highest BCUT2D eigenvalue weighted by molar-refractivity contribution is 7.98. The van der Waals surface area contributed by atoms with Crippen molar-refractivity contribution >= 4 is 44.4 Å². The van der Waals surface area contributed by atoms with Crippen molar-refractivity contribution in [2.24, 2.45) is 7.05 Å². The number of aryl methyl sites for hydroxylation is 1. The molecule has 9 heteroatoms. The van der Waals surface area contributed by atoms with Gasteiger partial charge in [0.05, 0.1) is 22.6 Å². The van der Waals surface area contributed by atoms with E-state index in [1.165, 1.54) is 11.3 Å². The Morgan fingerprint density at radius 2 is 2.25 bits per heavy atom. The molecule has 7 nitrogen and oxygen atoms in total. The number of thioether (sulfide) groups is 1. The molecule has 0 radical (unpaired) electrons. The van der Waals surface area contributed by atoms with E-state index in [0.717, 1.165) is 21.1 Å². The van der Waals surface area contributed by atoms with Crippen LogP contribution in [0, 0.1) is 0 Å². The first-order valence-electron chi connectivity index (χ1n) is 8.66. The number of furan rings is 1. The molecule has 1 amide bonds. The summed E-state index contributed by atoms with van der Waals surface area (Å²) in [5, 5.41) is 4.22. The summed E-state index contributed by atoms with van der Waals surface area (Å²) in [5.74, 6) is 2.03. The van der Waals surface area contributed by atoms with Crippen LogP contribution >= 0.6 is 23.1 Å². The van der Waals surface area contributed by atoms with Gasteiger partial charge in [0.25, 0.3) is 5.91 Å². The zero-order valence-corrected chi connectivity index (χ0v) is 17.0. The Balaban J connectivity index is 1.41. The van der Waals surface area contributed by atoms with Gasteiger partial charge in [-0.3, -0.25) is 10.1 Å². The van der Waals surface area contributed by atoms with Crippen LogP contribution in [0.1, 0.15) is 23.2 Å². The molecule has 1 aromatic carbocycles. The molecule has 0 aliphatic heterocycles. The molecular formula is C19H18N4O3S2. The number of anilines is 1. The van der Waals surface area contributed by atoms with Crippen LogP contribution in [0.3, 0.4) is 0 Å². The number of rotatable bonds is 7. The second-order valence-electron chi connectivity index (χ2n) is 5.91. The number of nitrogens with zero attached hydrogens (tertiary/aromatic N) is 3. The first kappa shape index (κ1) is 18.6. The molecule has 0 unspecified atom stereocenters. The van der Waals surface area contributed by atoms with Gasteiger partial charge in [-0.1, -0.05) is 23.1 Å². The van der Waals surface area contributed by atoms with Gasteiger partial charge in [0.15, 0.2) is 16.0 Å². The minimum absolute atomic E-state index is 0.254. The highest BCUT2D eigenvalue weighted by atomic mass is 32.2. The quantitative estimate of drug-likeness (QED) is 0.446. The number of nitrogens with one attached hydrogen (secondary N) is 1. The lowest BCUT2D eigenvalue weighted by molar-refractivity contribution is 0.0995. The maximum atomic E-state index is 12.5. The third kappa shape index (κ3) is 4.05. The van der Waals surface area contributed by atoms with Gasteiger partial charge in [-0.05, 0) is 37.3 Å². The summed E-state index contributed by atoms with van der Waals surface area (Å²) in [6.07, 6.45) is 3.64. The minimum Gasteiger partial charge on any atom is -0.494 e. The third-order valence-electron chi connectivity index (χ3n) is 3.90. The molecule has 4 rings (SSSR count). The van der Waals surface area contributed by atoms with Crippen LogP contribution < -0.4 is 10.1 Å². The molecule has 0 saturated carbocycles. The van der Waals surface area contributed by atoms with Crippen molar-refractivity contribution in [2.75, 3.05) is 11.9 Å². The smallest absolute Gasteiger partial charge is 0.293 e. The Kier molecular flexibility index (Phi) is 5.36. The number of amides is 1. The molecule has 0 aliphatic rings. The van der Waals surface area contributed by atoms with E-state index in [1.807, 2.05) is 42.9 Å². The fourth-order valence-corrected chi connectivity index (χ4v) is 4.29. The summed E-state index contributed by atoms with van der Waals surface area (Å²) in [6.45, 7) is 2.54. The second kappa shape index (κ2) is 8.07. The van der Waals surface area contributed by atoms with Crippen LogP contribution in [0.2, 0.25) is 0 Å². The van der Waals surface area contributed by atoms with Gasteiger partial charge in [0.2, 0.25) is 0 Å². The fraction of sp³-hybridized carbons (Fsp3) is 0.211. The van der Waals surface area contributed by atoms with Gasteiger partial charge in [-0.2, -0.15) is 0 Å². The summed E-state index contributed by atoms with van der Waals surface area (Å²) in [4.78, 5) is 21.2. The van der Waals surface area contributed by atoms with Gasteiger partial charge in [0.1, 0.15) is 11.5 Å². The van der Waals surface area contributed by atoms with Crippen molar-refractivity contribution in [1.82, 2.24) is 14.5 Å². The van der Waals surface area contributed by atoms with E-state index >= 15 is 0 Å². The van der Waals surface area contributed by atoms with Crippen LogP contribution in [0.5, 0.6) is 5.75 Å². The molecule has 0 atom stereocenters. The van der Waals surface area contributed by atoms with Gasteiger partial charge in [0, 0.05) is 19.4 Å². The number of carbonyl (C=O) groups is 1. The lowest BCUT2D eigenvalue weighted by atomic mass is 10.3. The zero-order valence-electron chi connectivity index (χ0n) is 15.3. The molecule has 4 aromatic rings. The SMILES string of the molecule is CCOc1ccc2nc(NC(=O)c3ccc(CSc4nccn4C)o3)sc2c1. The lowest BCUT2D eigenvalue weighted by Gasteiger charge is -2.00. The van der Waals surface area contributed by atoms with E-state index in [4.69, 9.17) is 9.15 Å². The van der Waals surface area contributed by atoms with Crippen LogP contribution in [0.25, 0.3) is 10.2 Å². The summed E-state index contributed by atoms with van der Waals surface area (Å²) in [5.41, 5.74) is 0.815. The summed E-state index contributed by atoms with van der Waals surface area (Å²) < 4.78 is 14.1. The minimum atomic E-state index is -0.322. The summed E-state index contributed by atoms with van der Waals surface area (Å²) in [6, 6.07) is 9.15. The summed E-state index contributed by atoms with van der Waals surface area (Å²) >= 11 is 2.95. The monoisotopic (exact) mass is 414 g/mol. The van der Waals surface area contributed by atoms with E-state index in [0.29, 0.717) is 23.3 Å². The molecule has 0 bridgehead atoms.